The number of hydrogen-bond donors (Lipinski definition) is 0. The second-order valence-electron chi connectivity index (χ2n) is 2.97. The van der Waals surface area contributed by atoms with E-state index in [1.165, 1.54) is 6.07 Å². The van der Waals surface area contributed by atoms with Crippen molar-refractivity contribution in [1.82, 2.24) is 0 Å². The fourth-order valence-corrected chi connectivity index (χ4v) is 1.39. The maximum absolute atomic E-state index is 13.3. The summed E-state index contributed by atoms with van der Waals surface area (Å²) in [6, 6.07) is 4.96. The van der Waals surface area contributed by atoms with Crippen molar-refractivity contribution in [2.75, 3.05) is 13.2 Å². The molecule has 13 heavy (non-hydrogen) atoms. The van der Waals surface area contributed by atoms with E-state index >= 15 is 0 Å². The maximum Gasteiger partial charge on any atom is 0.219 e. The molecule has 68 valence electrons. The second kappa shape index (κ2) is 3.17. The summed E-state index contributed by atoms with van der Waals surface area (Å²) in [4.78, 5) is 4.08. The standard InChI is InChI=1S/C10H10FNO/c1-7-3-2-4-8(11)9(7)10-12-5-6-13-10/h2-4H,5-6H2,1H3. The Morgan fingerprint density at radius 1 is 1.46 bits per heavy atom. The average Bonchev–Trinajstić information content (AvgIpc) is 2.57. The van der Waals surface area contributed by atoms with Crippen LogP contribution in [0, 0.1) is 12.7 Å². The Hall–Kier alpha value is -1.38. The summed E-state index contributed by atoms with van der Waals surface area (Å²) < 4.78 is 18.6. The van der Waals surface area contributed by atoms with Gasteiger partial charge in [0.2, 0.25) is 5.90 Å². The summed E-state index contributed by atoms with van der Waals surface area (Å²) in [5, 5.41) is 0. The molecule has 0 saturated carbocycles. The highest BCUT2D eigenvalue weighted by atomic mass is 19.1. The molecule has 0 bridgehead atoms. The summed E-state index contributed by atoms with van der Waals surface area (Å²) >= 11 is 0. The highest BCUT2D eigenvalue weighted by molar-refractivity contribution is 5.96. The van der Waals surface area contributed by atoms with E-state index in [4.69, 9.17) is 4.74 Å². The topological polar surface area (TPSA) is 21.6 Å². The van der Waals surface area contributed by atoms with E-state index in [-0.39, 0.29) is 5.82 Å². The molecule has 1 aromatic carbocycles. The van der Waals surface area contributed by atoms with Gasteiger partial charge in [0.15, 0.2) is 0 Å². The lowest BCUT2D eigenvalue weighted by Crippen LogP contribution is -2.06. The molecule has 1 aliphatic rings. The molecule has 1 aliphatic heterocycles. The highest BCUT2D eigenvalue weighted by Gasteiger charge is 2.16. The predicted molar refractivity (Wildman–Crippen MR) is 48.5 cm³/mol. The average molecular weight is 179 g/mol. The maximum atomic E-state index is 13.3. The summed E-state index contributed by atoms with van der Waals surface area (Å²) in [6.07, 6.45) is 0. The summed E-state index contributed by atoms with van der Waals surface area (Å²) in [5.74, 6) is 0.177. The van der Waals surface area contributed by atoms with Gasteiger partial charge in [-0.25, -0.2) is 9.38 Å². The van der Waals surface area contributed by atoms with Gasteiger partial charge in [0, 0.05) is 0 Å². The van der Waals surface area contributed by atoms with Crippen molar-refractivity contribution in [3.63, 3.8) is 0 Å². The first kappa shape index (κ1) is 8.23. The largest absolute Gasteiger partial charge is 0.475 e. The van der Waals surface area contributed by atoms with Gasteiger partial charge < -0.3 is 4.74 Å². The van der Waals surface area contributed by atoms with E-state index < -0.39 is 0 Å². The van der Waals surface area contributed by atoms with Gasteiger partial charge in [0.25, 0.3) is 0 Å². The molecular formula is C10H10FNO. The van der Waals surface area contributed by atoms with Crippen LogP contribution in [0.15, 0.2) is 23.2 Å². The van der Waals surface area contributed by atoms with E-state index in [9.17, 15) is 4.39 Å². The normalized spacial score (nSPS) is 15.4. The van der Waals surface area contributed by atoms with Crippen LogP contribution in [0.25, 0.3) is 0 Å². The third-order valence-electron chi connectivity index (χ3n) is 2.02. The molecule has 0 aliphatic carbocycles. The number of ether oxygens (including phenoxy) is 1. The SMILES string of the molecule is Cc1cccc(F)c1C1=NCCO1. The highest BCUT2D eigenvalue weighted by Crippen LogP contribution is 2.16. The third-order valence-corrected chi connectivity index (χ3v) is 2.02. The molecule has 2 nitrogen and oxygen atoms in total. The lowest BCUT2D eigenvalue weighted by atomic mass is 10.1. The van der Waals surface area contributed by atoms with Gasteiger partial charge in [-0.15, -0.1) is 0 Å². The van der Waals surface area contributed by atoms with Crippen LogP contribution in [-0.4, -0.2) is 19.0 Å². The molecule has 0 amide bonds. The van der Waals surface area contributed by atoms with Crippen LogP contribution in [0.2, 0.25) is 0 Å². The first-order valence-electron chi connectivity index (χ1n) is 4.22. The van der Waals surface area contributed by atoms with Crippen LogP contribution < -0.4 is 0 Å². The Kier molecular flexibility index (Phi) is 2.00. The quantitative estimate of drug-likeness (QED) is 0.645. The van der Waals surface area contributed by atoms with Crippen LogP contribution >= 0.6 is 0 Å². The van der Waals surface area contributed by atoms with E-state index in [1.54, 1.807) is 6.07 Å². The van der Waals surface area contributed by atoms with E-state index in [1.807, 2.05) is 13.0 Å². The first-order valence-corrected chi connectivity index (χ1v) is 4.22. The minimum atomic E-state index is -0.263. The molecule has 0 aromatic heterocycles. The van der Waals surface area contributed by atoms with Crippen molar-refractivity contribution in [3.8, 4) is 0 Å². The van der Waals surface area contributed by atoms with Gasteiger partial charge in [0.05, 0.1) is 12.1 Å². The Morgan fingerprint density at radius 2 is 2.31 bits per heavy atom. The Balaban J connectivity index is 2.49. The van der Waals surface area contributed by atoms with Crippen molar-refractivity contribution in [1.29, 1.82) is 0 Å². The van der Waals surface area contributed by atoms with Crippen LogP contribution in [0.1, 0.15) is 11.1 Å². The molecule has 0 atom stereocenters. The fourth-order valence-electron chi connectivity index (χ4n) is 1.39. The van der Waals surface area contributed by atoms with E-state index in [0.717, 1.165) is 5.56 Å². The molecule has 0 saturated heterocycles. The molecule has 1 aromatic rings. The molecule has 0 fully saturated rings. The van der Waals surface area contributed by atoms with Gasteiger partial charge in [0.1, 0.15) is 12.4 Å². The minimum Gasteiger partial charge on any atom is -0.475 e. The lowest BCUT2D eigenvalue weighted by Gasteiger charge is -2.05. The fraction of sp³-hybridized carbons (Fsp3) is 0.300. The second-order valence-corrected chi connectivity index (χ2v) is 2.97. The molecule has 0 radical (unpaired) electrons. The molecule has 0 N–H and O–H groups in total. The van der Waals surface area contributed by atoms with Crippen molar-refractivity contribution in [2.24, 2.45) is 4.99 Å². The van der Waals surface area contributed by atoms with Gasteiger partial charge >= 0.3 is 0 Å². The number of aryl methyl sites for hydroxylation is 1. The number of aliphatic imine (C=N–C) groups is 1. The zero-order valence-corrected chi connectivity index (χ0v) is 7.38. The van der Waals surface area contributed by atoms with Gasteiger partial charge in [-0.3, -0.25) is 0 Å². The van der Waals surface area contributed by atoms with Crippen LogP contribution in [-0.2, 0) is 4.74 Å². The monoisotopic (exact) mass is 179 g/mol. The van der Waals surface area contributed by atoms with Crippen LogP contribution in [0.3, 0.4) is 0 Å². The molecule has 3 heteroatoms. The number of rotatable bonds is 1. The van der Waals surface area contributed by atoms with Crippen molar-refractivity contribution < 1.29 is 9.13 Å². The van der Waals surface area contributed by atoms with Crippen LogP contribution in [0.4, 0.5) is 4.39 Å². The zero-order chi connectivity index (χ0) is 9.26. The molecule has 0 unspecified atom stereocenters. The predicted octanol–water partition coefficient (Wildman–Crippen LogP) is 1.91. The molecular weight excluding hydrogens is 169 g/mol. The smallest absolute Gasteiger partial charge is 0.219 e. The van der Waals surface area contributed by atoms with E-state index in [0.29, 0.717) is 24.6 Å². The number of hydrogen-bond acceptors (Lipinski definition) is 2. The molecule has 0 spiro atoms. The first-order chi connectivity index (χ1) is 6.29. The number of halogens is 1. The van der Waals surface area contributed by atoms with Crippen molar-refractivity contribution >= 4 is 5.90 Å². The summed E-state index contributed by atoms with van der Waals surface area (Å²) in [5.41, 5.74) is 1.36. The van der Waals surface area contributed by atoms with Gasteiger partial charge in [-0.2, -0.15) is 0 Å². The van der Waals surface area contributed by atoms with Gasteiger partial charge in [-0.1, -0.05) is 12.1 Å². The minimum absolute atomic E-state index is 0.263. The number of benzene rings is 1. The third kappa shape index (κ3) is 1.41. The van der Waals surface area contributed by atoms with E-state index in [2.05, 4.69) is 4.99 Å². The van der Waals surface area contributed by atoms with Gasteiger partial charge in [-0.05, 0) is 18.6 Å². The lowest BCUT2D eigenvalue weighted by molar-refractivity contribution is 0.347. The zero-order valence-electron chi connectivity index (χ0n) is 7.38. The Morgan fingerprint density at radius 3 is 2.92 bits per heavy atom. The van der Waals surface area contributed by atoms with Crippen molar-refractivity contribution in [2.45, 2.75) is 6.92 Å². The Labute approximate surface area is 76.1 Å². The molecule has 1 heterocycles. The van der Waals surface area contributed by atoms with Crippen LogP contribution in [0.5, 0.6) is 0 Å². The Bertz CT molecular complexity index is 340. The summed E-state index contributed by atoms with van der Waals surface area (Å²) in [7, 11) is 0. The number of nitrogens with zero attached hydrogens (tertiary/aromatic N) is 1. The molecule has 2 rings (SSSR count). The van der Waals surface area contributed by atoms with Crippen molar-refractivity contribution in [3.05, 3.63) is 35.1 Å². The summed E-state index contributed by atoms with van der Waals surface area (Å²) in [6.45, 7) is 3.04.